The Morgan fingerprint density at radius 3 is 3.21 bits per heavy atom. The molecule has 2 rings (SSSR count). The topological polar surface area (TPSA) is 52.3 Å². The summed E-state index contributed by atoms with van der Waals surface area (Å²) in [6.07, 6.45) is 1.74. The van der Waals surface area contributed by atoms with E-state index in [2.05, 4.69) is 32.0 Å². The molecule has 0 amide bonds. The van der Waals surface area contributed by atoms with Gasteiger partial charge in [0.15, 0.2) is 6.04 Å². The predicted molar refractivity (Wildman–Crippen MR) is 58.1 cm³/mol. The van der Waals surface area contributed by atoms with E-state index in [1.165, 1.54) is 0 Å². The molecule has 6 heteroatoms. The maximum atomic E-state index is 8.66. The van der Waals surface area contributed by atoms with Crippen molar-refractivity contribution in [1.29, 1.82) is 5.26 Å². The monoisotopic (exact) mass is 270 g/mol. The molecule has 0 N–H and O–H groups in total. The van der Waals surface area contributed by atoms with Crippen LogP contribution in [0.15, 0.2) is 15.1 Å². The summed E-state index contributed by atoms with van der Waals surface area (Å²) >= 11 is 4.97. The summed E-state index contributed by atoms with van der Waals surface area (Å²) in [5, 5.41) is 8.66. The smallest absolute Gasteiger partial charge is 0.155 e. The third-order valence-corrected chi connectivity index (χ3v) is 3.67. The molecule has 0 saturated heterocycles. The van der Waals surface area contributed by atoms with Gasteiger partial charge in [-0.1, -0.05) is 0 Å². The number of halogens is 1. The van der Waals surface area contributed by atoms with Crippen molar-refractivity contribution in [1.82, 2.24) is 9.88 Å². The Hall–Kier alpha value is -0.930. The first kappa shape index (κ1) is 9.62. The van der Waals surface area contributed by atoms with Gasteiger partial charge in [0.05, 0.1) is 35.9 Å². The van der Waals surface area contributed by atoms with Crippen LogP contribution in [0.25, 0.3) is 0 Å². The van der Waals surface area contributed by atoms with Gasteiger partial charge in [0.2, 0.25) is 0 Å². The van der Waals surface area contributed by atoms with Crippen LogP contribution in [0.4, 0.5) is 0 Å². The predicted octanol–water partition coefficient (Wildman–Crippen LogP) is 1.64. The van der Waals surface area contributed by atoms with E-state index in [4.69, 9.17) is 5.26 Å². The molecule has 72 valence electrons. The second-order valence-electron chi connectivity index (χ2n) is 2.91. The zero-order valence-electron chi connectivity index (χ0n) is 7.22. The van der Waals surface area contributed by atoms with E-state index in [9.17, 15) is 0 Å². The lowest BCUT2D eigenvalue weighted by Crippen LogP contribution is -2.21. The number of thiazole rings is 1. The van der Waals surface area contributed by atoms with Crippen molar-refractivity contribution >= 4 is 33.6 Å². The first-order chi connectivity index (χ1) is 6.79. The Morgan fingerprint density at radius 1 is 1.79 bits per heavy atom. The summed E-state index contributed by atoms with van der Waals surface area (Å²) in [7, 11) is 0. The first-order valence-corrected chi connectivity index (χ1v) is 5.71. The molecule has 1 aliphatic rings. The third kappa shape index (κ3) is 1.94. The number of hydrogen-bond donors (Lipinski definition) is 0. The first-order valence-electron chi connectivity index (χ1n) is 4.04. The number of nitrogens with zero attached hydrogens (tertiary/aromatic N) is 4. The summed E-state index contributed by atoms with van der Waals surface area (Å²) in [4.78, 5) is 11.3. The quantitative estimate of drug-likeness (QED) is 0.821. The summed E-state index contributed by atoms with van der Waals surface area (Å²) in [5.74, 6) is 0. The van der Waals surface area contributed by atoms with E-state index in [1.54, 1.807) is 23.2 Å². The van der Waals surface area contributed by atoms with Gasteiger partial charge in [-0.15, -0.1) is 11.3 Å². The Kier molecular flexibility index (Phi) is 2.79. The zero-order chi connectivity index (χ0) is 9.97. The number of rotatable bonds is 2. The third-order valence-electron chi connectivity index (χ3n) is 1.90. The molecule has 0 aromatic carbocycles. The molecule has 2 heterocycles. The highest BCUT2D eigenvalue weighted by atomic mass is 79.9. The highest BCUT2D eigenvalue weighted by Gasteiger charge is 2.17. The molecule has 0 fully saturated rings. The van der Waals surface area contributed by atoms with Gasteiger partial charge in [-0.3, -0.25) is 4.99 Å². The van der Waals surface area contributed by atoms with Crippen LogP contribution in [0.3, 0.4) is 0 Å². The molecular formula is C8H7BrN4S. The molecule has 1 aromatic heterocycles. The molecule has 0 saturated carbocycles. The van der Waals surface area contributed by atoms with E-state index in [0.717, 1.165) is 16.0 Å². The minimum Gasteiger partial charge on any atom is -0.354 e. The molecule has 1 atom stereocenters. The van der Waals surface area contributed by atoms with Crippen LogP contribution in [0.1, 0.15) is 4.88 Å². The minimum atomic E-state index is -0.207. The molecule has 0 aliphatic carbocycles. The average Bonchev–Trinajstić information content (AvgIpc) is 2.77. The molecule has 1 aromatic rings. The number of aliphatic imine (C=N–C) groups is 1. The fourth-order valence-corrected chi connectivity index (χ4v) is 2.53. The fourth-order valence-electron chi connectivity index (χ4n) is 1.21. The largest absolute Gasteiger partial charge is 0.354 e. The van der Waals surface area contributed by atoms with Gasteiger partial charge < -0.3 is 4.90 Å². The van der Waals surface area contributed by atoms with Crippen LogP contribution in [0.5, 0.6) is 0 Å². The Labute approximate surface area is 94.0 Å². The van der Waals surface area contributed by atoms with Crippen LogP contribution >= 0.6 is 27.3 Å². The van der Waals surface area contributed by atoms with Crippen molar-refractivity contribution in [3.05, 3.63) is 15.0 Å². The summed E-state index contributed by atoms with van der Waals surface area (Å²) in [6.45, 7) is 1.45. The highest BCUT2D eigenvalue weighted by Crippen LogP contribution is 2.21. The molecule has 0 bridgehead atoms. The molecule has 14 heavy (non-hydrogen) atoms. The van der Waals surface area contributed by atoms with E-state index in [1.807, 2.05) is 4.90 Å². The van der Waals surface area contributed by atoms with Gasteiger partial charge in [-0.05, 0) is 15.9 Å². The van der Waals surface area contributed by atoms with Crippen molar-refractivity contribution in [3.63, 3.8) is 0 Å². The molecule has 4 nitrogen and oxygen atoms in total. The summed E-state index contributed by atoms with van der Waals surface area (Å²) in [6, 6.07) is 1.92. The van der Waals surface area contributed by atoms with Crippen LogP contribution in [-0.4, -0.2) is 28.8 Å². The van der Waals surface area contributed by atoms with E-state index < -0.39 is 0 Å². The second kappa shape index (κ2) is 4.07. The number of hydrogen-bond acceptors (Lipinski definition) is 5. The number of nitriles is 1. The van der Waals surface area contributed by atoms with Gasteiger partial charge in [0.25, 0.3) is 0 Å². The maximum Gasteiger partial charge on any atom is 0.155 e. The standard InChI is InChI=1S/C8H7BrN4S/c9-8-7(14-5-12-8)3-13-2-6(1-10)11-4-13/h4-6H,2-3H2. The second-order valence-corrected chi connectivity index (χ2v) is 4.60. The molecular weight excluding hydrogens is 264 g/mol. The summed E-state index contributed by atoms with van der Waals surface area (Å²) < 4.78 is 0.885. The van der Waals surface area contributed by atoms with E-state index in [0.29, 0.717) is 6.54 Å². The van der Waals surface area contributed by atoms with Gasteiger partial charge in [-0.25, -0.2) is 4.98 Å². The van der Waals surface area contributed by atoms with Gasteiger partial charge in [0, 0.05) is 0 Å². The lowest BCUT2D eigenvalue weighted by molar-refractivity contribution is 0.449. The van der Waals surface area contributed by atoms with Crippen molar-refractivity contribution in [2.45, 2.75) is 12.6 Å². The molecule has 1 aliphatic heterocycles. The fraction of sp³-hybridized carbons (Fsp3) is 0.375. The highest BCUT2D eigenvalue weighted by molar-refractivity contribution is 9.10. The maximum absolute atomic E-state index is 8.66. The van der Waals surface area contributed by atoms with Gasteiger partial charge in [0.1, 0.15) is 4.60 Å². The van der Waals surface area contributed by atoms with Gasteiger partial charge in [-0.2, -0.15) is 5.26 Å². The summed E-state index contributed by atoms with van der Waals surface area (Å²) in [5.41, 5.74) is 1.80. The lowest BCUT2D eigenvalue weighted by atomic mass is 10.3. The van der Waals surface area contributed by atoms with Gasteiger partial charge >= 0.3 is 0 Å². The average molecular weight is 271 g/mol. The van der Waals surface area contributed by atoms with Crippen LogP contribution < -0.4 is 0 Å². The van der Waals surface area contributed by atoms with Crippen molar-refractivity contribution in [3.8, 4) is 6.07 Å². The lowest BCUT2D eigenvalue weighted by Gasteiger charge is -2.12. The van der Waals surface area contributed by atoms with Crippen molar-refractivity contribution in [2.75, 3.05) is 6.54 Å². The Morgan fingerprint density at radius 2 is 2.64 bits per heavy atom. The zero-order valence-corrected chi connectivity index (χ0v) is 9.62. The normalized spacial score (nSPS) is 20.0. The Bertz CT molecular complexity index is 394. The molecule has 1 unspecified atom stereocenters. The van der Waals surface area contributed by atoms with E-state index in [-0.39, 0.29) is 6.04 Å². The van der Waals surface area contributed by atoms with E-state index >= 15 is 0 Å². The molecule has 0 spiro atoms. The molecule has 0 radical (unpaired) electrons. The van der Waals surface area contributed by atoms with Crippen molar-refractivity contribution < 1.29 is 0 Å². The Balaban J connectivity index is 1.99. The van der Waals surface area contributed by atoms with Crippen molar-refractivity contribution in [2.24, 2.45) is 4.99 Å². The number of aromatic nitrogens is 1. The SMILES string of the molecule is N#CC1CN(Cc2scnc2Br)C=N1. The van der Waals surface area contributed by atoms with Crippen LogP contribution in [0.2, 0.25) is 0 Å². The minimum absolute atomic E-state index is 0.207. The van der Waals surface area contributed by atoms with Crippen LogP contribution in [0, 0.1) is 11.3 Å². The van der Waals surface area contributed by atoms with Crippen LogP contribution in [-0.2, 0) is 6.54 Å².